The van der Waals surface area contributed by atoms with Gasteiger partial charge in [-0.25, -0.2) is 0 Å². The summed E-state index contributed by atoms with van der Waals surface area (Å²) in [7, 11) is 0. The molecule has 1 saturated carbocycles. The van der Waals surface area contributed by atoms with Crippen LogP contribution < -0.4 is 11.3 Å². The Balaban J connectivity index is 2.02. The molecule has 1 aromatic heterocycles. The molecule has 16 heavy (non-hydrogen) atoms. The summed E-state index contributed by atoms with van der Waals surface area (Å²) in [5, 5.41) is 2.13. The minimum Gasteiger partial charge on any atom is -0.271 e. The van der Waals surface area contributed by atoms with Crippen molar-refractivity contribution in [2.75, 3.05) is 0 Å². The van der Waals surface area contributed by atoms with Crippen LogP contribution in [0.3, 0.4) is 0 Å². The fraction of sp³-hybridized carbons (Fsp3) is 0.692. The zero-order valence-corrected chi connectivity index (χ0v) is 11.0. The zero-order chi connectivity index (χ0) is 11.6. The third-order valence-corrected chi connectivity index (χ3v) is 4.84. The van der Waals surface area contributed by atoms with E-state index >= 15 is 0 Å². The SMILES string of the molecule is CC1(C)CCC(C(NN)c2cccs2)CC1. The first-order valence-corrected chi connectivity index (χ1v) is 7.00. The van der Waals surface area contributed by atoms with E-state index in [2.05, 4.69) is 36.8 Å². The van der Waals surface area contributed by atoms with E-state index in [0.717, 1.165) is 0 Å². The summed E-state index contributed by atoms with van der Waals surface area (Å²) >= 11 is 1.81. The van der Waals surface area contributed by atoms with Gasteiger partial charge in [0.15, 0.2) is 0 Å². The average Bonchev–Trinajstić information content (AvgIpc) is 2.75. The van der Waals surface area contributed by atoms with Gasteiger partial charge in [0, 0.05) is 4.88 Å². The maximum Gasteiger partial charge on any atom is 0.0581 e. The van der Waals surface area contributed by atoms with E-state index in [1.54, 1.807) is 11.3 Å². The predicted molar refractivity (Wildman–Crippen MR) is 70.1 cm³/mol. The smallest absolute Gasteiger partial charge is 0.0581 e. The van der Waals surface area contributed by atoms with Crippen LogP contribution in [0.4, 0.5) is 0 Å². The van der Waals surface area contributed by atoms with Crippen molar-refractivity contribution in [3.63, 3.8) is 0 Å². The molecule has 2 rings (SSSR count). The van der Waals surface area contributed by atoms with Crippen molar-refractivity contribution in [2.24, 2.45) is 17.2 Å². The van der Waals surface area contributed by atoms with Crippen molar-refractivity contribution in [3.8, 4) is 0 Å². The van der Waals surface area contributed by atoms with Crippen LogP contribution in [0.25, 0.3) is 0 Å². The monoisotopic (exact) mass is 238 g/mol. The molecule has 0 bridgehead atoms. The molecule has 1 fully saturated rings. The molecule has 0 saturated heterocycles. The highest BCUT2D eigenvalue weighted by molar-refractivity contribution is 7.10. The lowest BCUT2D eigenvalue weighted by atomic mass is 9.71. The van der Waals surface area contributed by atoms with E-state index in [-0.39, 0.29) is 0 Å². The summed E-state index contributed by atoms with van der Waals surface area (Å²) in [4.78, 5) is 1.38. The van der Waals surface area contributed by atoms with E-state index < -0.39 is 0 Å². The van der Waals surface area contributed by atoms with Crippen LogP contribution in [0.2, 0.25) is 0 Å². The van der Waals surface area contributed by atoms with Gasteiger partial charge in [-0.05, 0) is 48.5 Å². The minimum absolute atomic E-state index is 0.357. The molecule has 0 radical (unpaired) electrons. The lowest BCUT2D eigenvalue weighted by molar-refractivity contribution is 0.162. The number of nitrogens with one attached hydrogen (secondary N) is 1. The van der Waals surface area contributed by atoms with Crippen molar-refractivity contribution < 1.29 is 0 Å². The van der Waals surface area contributed by atoms with Crippen LogP contribution in [0.1, 0.15) is 50.4 Å². The summed E-state index contributed by atoms with van der Waals surface area (Å²) < 4.78 is 0. The Morgan fingerprint density at radius 3 is 2.62 bits per heavy atom. The molecule has 0 aliphatic heterocycles. The lowest BCUT2D eigenvalue weighted by Crippen LogP contribution is -2.36. The highest BCUT2D eigenvalue weighted by Gasteiger charge is 2.31. The third-order valence-electron chi connectivity index (χ3n) is 3.88. The quantitative estimate of drug-likeness (QED) is 0.625. The topological polar surface area (TPSA) is 38.0 Å². The van der Waals surface area contributed by atoms with Gasteiger partial charge < -0.3 is 0 Å². The predicted octanol–water partition coefficient (Wildman–Crippen LogP) is 3.47. The van der Waals surface area contributed by atoms with Crippen molar-refractivity contribution in [2.45, 2.75) is 45.6 Å². The molecule has 1 unspecified atom stereocenters. The van der Waals surface area contributed by atoms with E-state index in [1.165, 1.54) is 30.6 Å². The zero-order valence-electron chi connectivity index (χ0n) is 10.2. The van der Waals surface area contributed by atoms with Gasteiger partial charge in [-0.2, -0.15) is 0 Å². The van der Waals surface area contributed by atoms with E-state index in [1.807, 2.05) is 0 Å². The third kappa shape index (κ3) is 2.65. The normalized spacial score (nSPS) is 23.2. The minimum atomic E-state index is 0.357. The Bertz CT molecular complexity index is 309. The summed E-state index contributed by atoms with van der Waals surface area (Å²) in [5.41, 5.74) is 3.54. The van der Waals surface area contributed by atoms with Gasteiger partial charge in [0.25, 0.3) is 0 Å². The van der Waals surface area contributed by atoms with E-state index in [9.17, 15) is 0 Å². The molecule has 0 spiro atoms. The van der Waals surface area contributed by atoms with Crippen LogP contribution in [-0.4, -0.2) is 0 Å². The highest BCUT2D eigenvalue weighted by atomic mass is 32.1. The second-order valence-electron chi connectivity index (χ2n) is 5.66. The molecule has 1 heterocycles. The van der Waals surface area contributed by atoms with Crippen molar-refractivity contribution in [3.05, 3.63) is 22.4 Å². The maximum absolute atomic E-state index is 5.72. The lowest BCUT2D eigenvalue weighted by Gasteiger charge is -2.37. The molecule has 0 aromatic carbocycles. The van der Waals surface area contributed by atoms with Crippen molar-refractivity contribution in [1.29, 1.82) is 0 Å². The van der Waals surface area contributed by atoms with Gasteiger partial charge in [0.05, 0.1) is 6.04 Å². The number of hydrogen-bond acceptors (Lipinski definition) is 3. The first-order valence-electron chi connectivity index (χ1n) is 6.12. The van der Waals surface area contributed by atoms with Crippen LogP contribution in [0.15, 0.2) is 17.5 Å². The van der Waals surface area contributed by atoms with Gasteiger partial charge in [-0.3, -0.25) is 11.3 Å². The van der Waals surface area contributed by atoms with Crippen LogP contribution >= 0.6 is 11.3 Å². The van der Waals surface area contributed by atoms with E-state index in [4.69, 9.17) is 5.84 Å². The fourth-order valence-corrected chi connectivity index (χ4v) is 3.55. The van der Waals surface area contributed by atoms with Crippen molar-refractivity contribution >= 4 is 11.3 Å². The summed E-state index contributed by atoms with van der Waals surface area (Å²) in [6, 6.07) is 4.66. The molecule has 3 heteroatoms. The molecule has 0 amide bonds. The molecule has 1 aliphatic carbocycles. The van der Waals surface area contributed by atoms with Crippen LogP contribution in [0.5, 0.6) is 0 Å². The van der Waals surface area contributed by atoms with Gasteiger partial charge in [0.1, 0.15) is 0 Å². The van der Waals surface area contributed by atoms with Crippen LogP contribution in [-0.2, 0) is 0 Å². The molecular formula is C13H22N2S. The number of nitrogens with two attached hydrogens (primary N) is 1. The second-order valence-corrected chi connectivity index (χ2v) is 6.64. The summed E-state index contributed by atoms with van der Waals surface area (Å²) in [6.07, 6.45) is 5.22. The molecule has 3 N–H and O–H groups in total. The second kappa shape index (κ2) is 4.86. The van der Waals surface area contributed by atoms with Gasteiger partial charge in [-0.1, -0.05) is 19.9 Å². The summed E-state index contributed by atoms with van der Waals surface area (Å²) in [6.45, 7) is 4.75. The Morgan fingerprint density at radius 2 is 2.12 bits per heavy atom. The Hall–Kier alpha value is -0.380. The van der Waals surface area contributed by atoms with Crippen LogP contribution in [0, 0.1) is 11.3 Å². The number of thiophene rings is 1. The Labute approximate surface area is 102 Å². The Morgan fingerprint density at radius 1 is 1.44 bits per heavy atom. The maximum atomic E-state index is 5.72. The first-order chi connectivity index (χ1) is 7.62. The molecule has 1 aromatic rings. The first kappa shape index (κ1) is 12.1. The van der Waals surface area contributed by atoms with Gasteiger partial charge in [0.2, 0.25) is 0 Å². The number of hydrogen-bond donors (Lipinski definition) is 2. The standard InChI is InChI=1S/C13H22N2S/c1-13(2)7-5-10(6-8-13)12(15-14)11-4-3-9-16-11/h3-4,9-10,12,15H,5-8,14H2,1-2H3. The molecule has 2 nitrogen and oxygen atoms in total. The number of rotatable bonds is 3. The molecule has 1 atom stereocenters. The van der Waals surface area contributed by atoms with Gasteiger partial charge >= 0.3 is 0 Å². The largest absolute Gasteiger partial charge is 0.271 e. The summed E-state index contributed by atoms with van der Waals surface area (Å²) in [5.74, 6) is 6.42. The molecule has 90 valence electrons. The van der Waals surface area contributed by atoms with Gasteiger partial charge in [-0.15, -0.1) is 11.3 Å². The molecular weight excluding hydrogens is 216 g/mol. The van der Waals surface area contributed by atoms with Crippen molar-refractivity contribution in [1.82, 2.24) is 5.43 Å². The average molecular weight is 238 g/mol. The van der Waals surface area contributed by atoms with E-state index in [0.29, 0.717) is 17.4 Å². The highest BCUT2D eigenvalue weighted by Crippen LogP contribution is 2.43. The number of hydrazine groups is 1. The molecule has 1 aliphatic rings. The fourth-order valence-electron chi connectivity index (χ4n) is 2.67. The Kier molecular flexibility index (Phi) is 3.67.